The lowest BCUT2D eigenvalue weighted by atomic mass is 9.92. The van der Waals surface area contributed by atoms with Gasteiger partial charge in [0.15, 0.2) is 0 Å². The minimum absolute atomic E-state index is 0.206. The highest BCUT2D eigenvalue weighted by Crippen LogP contribution is 2.30. The van der Waals surface area contributed by atoms with Crippen LogP contribution in [0.25, 0.3) is 0 Å². The Morgan fingerprint density at radius 1 is 1.14 bits per heavy atom. The van der Waals surface area contributed by atoms with Crippen LogP contribution in [0.3, 0.4) is 0 Å². The van der Waals surface area contributed by atoms with Crippen LogP contribution in [0.4, 0.5) is 0 Å². The first-order valence-corrected chi connectivity index (χ1v) is 8.45. The molecule has 2 unspecified atom stereocenters. The van der Waals surface area contributed by atoms with Crippen LogP contribution in [-0.2, 0) is 0 Å². The molecule has 0 radical (unpaired) electrons. The zero-order chi connectivity index (χ0) is 15.5. The molecular weight excluding hydrogens is 256 g/mol. The van der Waals surface area contributed by atoms with Gasteiger partial charge in [-0.05, 0) is 45.1 Å². The van der Waals surface area contributed by atoms with E-state index in [0.717, 1.165) is 19.0 Å². The molecule has 1 aromatic rings. The van der Waals surface area contributed by atoms with Crippen molar-refractivity contribution in [1.82, 2.24) is 10.2 Å². The van der Waals surface area contributed by atoms with Gasteiger partial charge in [-0.25, -0.2) is 0 Å². The maximum atomic E-state index is 3.71. The van der Waals surface area contributed by atoms with Crippen molar-refractivity contribution in [2.75, 3.05) is 13.1 Å². The number of piperazine rings is 1. The summed E-state index contributed by atoms with van der Waals surface area (Å²) in [6.45, 7) is 13.8. The predicted octanol–water partition coefficient (Wildman–Crippen LogP) is 4.24. The van der Waals surface area contributed by atoms with Crippen molar-refractivity contribution in [3.8, 4) is 0 Å². The second-order valence-electron chi connectivity index (χ2n) is 7.68. The Kier molecular flexibility index (Phi) is 5.45. The highest BCUT2D eigenvalue weighted by molar-refractivity contribution is 5.21. The molecule has 2 heteroatoms. The molecule has 0 amide bonds. The third-order valence-electron chi connectivity index (χ3n) is 4.66. The molecule has 21 heavy (non-hydrogen) atoms. The van der Waals surface area contributed by atoms with Crippen molar-refractivity contribution in [2.45, 2.75) is 65.1 Å². The van der Waals surface area contributed by atoms with Gasteiger partial charge in [-0.1, -0.05) is 44.2 Å². The molecule has 1 aliphatic rings. The quantitative estimate of drug-likeness (QED) is 0.872. The first-order chi connectivity index (χ1) is 9.89. The van der Waals surface area contributed by atoms with Crippen molar-refractivity contribution in [3.63, 3.8) is 0 Å². The van der Waals surface area contributed by atoms with Gasteiger partial charge in [-0.2, -0.15) is 0 Å². The van der Waals surface area contributed by atoms with E-state index in [1.165, 1.54) is 18.4 Å². The zero-order valence-electron chi connectivity index (χ0n) is 14.4. The third kappa shape index (κ3) is 4.55. The molecule has 2 rings (SSSR count). The fourth-order valence-electron chi connectivity index (χ4n) is 3.30. The monoisotopic (exact) mass is 288 g/mol. The van der Waals surface area contributed by atoms with E-state index in [2.05, 4.69) is 75.2 Å². The molecule has 2 atom stereocenters. The van der Waals surface area contributed by atoms with Crippen LogP contribution in [0, 0.1) is 5.92 Å². The lowest BCUT2D eigenvalue weighted by Crippen LogP contribution is -2.60. The first kappa shape index (κ1) is 16.5. The van der Waals surface area contributed by atoms with Gasteiger partial charge in [0.2, 0.25) is 0 Å². The van der Waals surface area contributed by atoms with Crippen LogP contribution in [0.2, 0.25) is 0 Å². The van der Waals surface area contributed by atoms with Crippen LogP contribution in [0.5, 0.6) is 0 Å². The molecule has 1 fully saturated rings. The van der Waals surface area contributed by atoms with Crippen LogP contribution >= 0.6 is 0 Å². The van der Waals surface area contributed by atoms with E-state index in [-0.39, 0.29) is 5.54 Å². The van der Waals surface area contributed by atoms with Gasteiger partial charge >= 0.3 is 0 Å². The van der Waals surface area contributed by atoms with E-state index in [1.54, 1.807) is 0 Å². The molecule has 1 aliphatic heterocycles. The Morgan fingerprint density at radius 3 is 2.43 bits per heavy atom. The number of rotatable bonds is 5. The average molecular weight is 288 g/mol. The van der Waals surface area contributed by atoms with Crippen molar-refractivity contribution >= 4 is 0 Å². The lowest BCUT2D eigenvalue weighted by molar-refractivity contribution is 0.0544. The van der Waals surface area contributed by atoms with Gasteiger partial charge in [0.05, 0.1) is 0 Å². The zero-order valence-corrected chi connectivity index (χ0v) is 14.4. The van der Waals surface area contributed by atoms with E-state index in [0.29, 0.717) is 12.1 Å². The van der Waals surface area contributed by atoms with Gasteiger partial charge in [-0.3, -0.25) is 4.90 Å². The maximum absolute atomic E-state index is 3.71. The number of hydrogen-bond donors (Lipinski definition) is 1. The summed E-state index contributed by atoms with van der Waals surface area (Å²) in [6, 6.07) is 12.1. The Bertz CT molecular complexity index is 424. The van der Waals surface area contributed by atoms with E-state index < -0.39 is 0 Å². The average Bonchev–Trinajstić information content (AvgIpc) is 2.44. The van der Waals surface area contributed by atoms with Crippen LogP contribution in [0.1, 0.15) is 59.1 Å². The molecule has 1 aromatic carbocycles. The molecule has 1 heterocycles. The largest absolute Gasteiger partial charge is 0.309 e. The number of nitrogens with one attached hydrogen (secondary N) is 1. The smallest absolute Gasteiger partial charge is 0.0476 e. The van der Waals surface area contributed by atoms with E-state index in [1.807, 2.05) is 0 Å². The summed E-state index contributed by atoms with van der Waals surface area (Å²) in [5.41, 5.74) is 1.65. The summed E-state index contributed by atoms with van der Waals surface area (Å²) in [5.74, 6) is 0.790. The molecule has 2 nitrogen and oxygen atoms in total. The van der Waals surface area contributed by atoms with Gasteiger partial charge < -0.3 is 5.32 Å². The highest BCUT2D eigenvalue weighted by atomic mass is 15.3. The molecule has 0 saturated carbocycles. The standard InChI is InChI=1S/C19H32N2/c1-15(2)11-12-16(3)21-14-19(4,5)20-13-18(21)17-9-7-6-8-10-17/h6-10,15-16,18,20H,11-14H2,1-5H3. The van der Waals surface area contributed by atoms with E-state index in [9.17, 15) is 0 Å². The van der Waals surface area contributed by atoms with E-state index in [4.69, 9.17) is 0 Å². The topological polar surface area (TPSA) is 15.3 Å². The second kappa shape index (κ2) is 6.93. The normalized spacial score (nSPS) is 24.2. The second-order valence-corrected chi connectivity index (χ2v) is 7.68. The molecule has 118 valence electrons. The minimum Gasteiger partial charge on any atom is -0.309 e. The predicted molar refractivity (Wildman–Crippen MR) is 91.5 cm³/mol. The van der Waals surface area contributed by atoms with Crippen LogP contribution in [0.15, 0.2) is 30.3 Å². The highest BCUT2D eigenvalue weighted by Gasteiger charge is 2.35. The molecule has 0 aliphatic carbocycles. The Labute approximate surface area is 130 Å². The van der Waals surface area contributed by atoms with Crippen LogP contribution in [-0.4, -0.2) is 29.6 Å². The van der Waals surface area contributed by atoms with Crippen molar-refractivity contribution in [2.24, 2.45) is 5.92 Å². The van der Waals surface area contributed by atoms with Crippen molar-refractivity contribution in [1.29, 1.82) is 0 Å². The Balaban J connectivity index is 2.14. The molecule has 0 bridgehead atoms. The molecule has 0 spiro atoms. The van der Waals surface area contributed by atoms with Crippen molar-refractivity contribution in [3.05, 3.63) is 35.9 Å². The van der Waals surface area contributed by atoms with Gasteiger partial charge in [-0.15, -0.1) is 0 Å². The fraction of sp³-hybridized carbons (Fsp3) is 0.684. The summed E-state index contributed by atoms with van der Waals surface area (Å²) in [6.07, 6.45) is 2.60. The molecule has 0 aromatic heterocycles. The minimum atomic E-state index is 0.206. The summed E-state index contributed by atoms with van der Waals surface area (Å²) < 4.78 is 0. The summed E-state index contributed by atoms with van der Waals surface area (Å²) in [5, 5.41) is 3.71. The molecule has 1 saturated heterocycles. The summed E-state index contributed by atoms with van der Waals surface area (Å²) in [4.78, 5) is 2.72. The Hall–Kier alpha value is -0.860. The molecule has 1 N–H and O–H groups in total. The summed E-state index contributed by atoms with van der Waals surface area (Å²) in [7, 11) is 0. The third-order valence-corrected chi connectivity index (χ3v) is 4.66. The van der Waals surface area contributed by atoms with E-state index >= 15 is 0 Å². The van der Waals surface area contributed by atoms with Gasteiger partial charge in [0, 0.05) is 30.7 Å². The number of hydrogen-bond acceptors (Lipinski definition) is 2. The Morgan fingerprint density at radius 2 is 1.81 bits per heavy atom. The maximum Gasteiger partial charge on any atom is 0.0476 e. The van der Waals surface area contributed by atoms with Crippen molar-refractivity contribution < 1.29 is 0 Å². The van der Waals surface area contributed by atoms with Gasteiger partial charge in [0.1, 0.15) is 0 Å². The first-order valence-electron chi connectivity index (χ1n) is 8.45. The molecular formula is C19H32N2. The fourth-order valence-corrected chi connectivity index (χ4v) is 3.30. The number of benzene rings is 1. The van der Waals surface area contributed by atoms with Gasteiger partial charge in [0.25, 0.3) is 0 Å². The van der Waals surface area contributed by atoms with Crippen LogP contribution < -0.4 is 5.32 Å². The number of nitrogens with zero attached hydrogens (tertiary/aromatic N) is 1. The summed E-state index contributed by atoms with van der Waals surface area (Å²) >= 11 is 0. The lowest BCUT2D eigenvalue weighted by Gasteiger charge is -2.47. The SMILES string of the molecule is CC(C)CCC(C)N1CC(C)(C)NCC1c1ccccc1.